The second-order valence-electron chi connectivity index (χ2n) is 6.96. The van der Waals surface area contributed by atoms with E-state index < -0.39 is 11.2 Å². The predicted octanol–water partition coefficient (Wildman–Crippen LogP) is 2.44. The highest BCUT2D eigenvalue weighted by Gasteiger charge is 2.19. The van der Waals surface area contributed by atoms with Crippen molar-refractivity contribution in [1.82, 2.24) is 13.7 Å². The van der Waals surface area contributed by atoms with Gasteiger partial charge in [-0.25, -0.2) is 9.36 Å². The van der Waals surface area contributed by atoms with Crippen molar-refractivity contribution in [1.29, 1.82) is 0 Å². The number of aryl methyl sites for hydroxylation is 2. The van der Waals surface area contributed by atoms with Crippen LogP contribution in [0.25, 0.3) is 16.7 Å². The molecule has 4 aromatic rings. The van der Waals surface area contributed by atoms with Crippen molar-refractivity contribution in [2.45, 2.75) is 6.92 Å². The van der Waals surface area contributed by atoms with E-state index in [0.717, 1.165) is 15.8 Å². The number of benzene rings is 2. The number of para-hydroxylation sites is 1. The van der Waals surface area contributed by atoms with Crippen molar-refractivity contribution in [2.75, 3.05) is 5.32 Å². The van der Waals surface area contributed by atoms with Gasteiger partial charge in [0, 0.05) is 25.8 Å². The second-order valence-corrected chi connectivity index (χ2v) is 6.96. The summed E-state index contributed by atoms with van der Waals surface area (Å²) in [5.74, 6) is 0. The Labute approximate surface area is 166 Å². The lowest BCUT2D eigenvalue weighted by molar-refractivity contribution is 0.729. The first kappa shape index (κ1) is 18.5. The van der Waals surface area contributed by atoms with Crippen molar-refractivity contribution in [3.05, 3.63) is 97.4 Å². The van der Waals surface area contributed by atoms with Crippen LogP contribution in [0.3, 0.4) is 0 Å². The van der Waals surface area contributed by atoms with Crippen molar-refractivity contribution in [3.63, 3.8) is 0 Å². The van der Waals surface area contributed by atoms with Gasteiger partial charge >= 0.3 is 5.69 Å². The van der Waals surface area contributed by atoms with Gasteiger partial charge in [0.25, 0.3) is 11.1 Å². The summed E-state index contributed by atoms with van der Waals surface area (Å²) in [5.41, 5.74) is 1.69. The summed E-state index contributed by atoms with van der Waals surface area (Å²) in [4.78, 5) is 38.7. The molecule has 1 N–H and O–H groups in total. The van der Waals surface area contributed by atoms with Crippen LogP contribution in [-0.4, -0.2) is 13.7 Å². The first-order valence-electron chi connectivity index (χ1n) is 9.13. The van der Waals surface area contributed by atoms with Gasteiger partial charge in [-0.2, -0.15) is 0 Å². The van der Waals surface area contributed by atoms with Gasteiger partial charge in [-0.1, -0.05) is 35.9 Å². The van der Waals surface area contributed by atoms with E-state index in [4.69, 9.17) is 0 Å². The van der Waals surface area contributed by atoms with Crippen LogP contribution in [0.1, 0.15) is 5.56 Å². The third kappa shape index (κ3) is 3.06. The summed E-state index contributed by atoms with van der Waals surface area (Å²) >= 11 is 0. The summed E-state index contributed by atoms with van der Waals surface area (Å²) in [6, 6.07) is 17.9. The zero-order valence-corrected chi connectivity index (χ0v) is 16.3. The number of hydrogen-bond acceptors (Lipinski definition) is 4. The first-order valence-corrected chi connectivity index (χ1v) is 9.13. The Balaban J connectivity index is 2.12. The van der Waals surface area contributed by atoms with Gasteiger partial charge < -0.3 is 5.32 Å². The fourth-order valence-electron chi connectivity index (χ4n) is 3.35. The largest absolute Gasteiger partial charge is 0.355 e. The molecule has 2 aromatic heterocycles. The molecule has 7 nitrogen and oxygen atoms in total. The van der Waals surface area contributed by atoms with Crippen LogP contribution in [0.15, 0.2) is 75.0 Å². The molecule has 146 valence electrons. The molecule has 0 radical (unpaired) electrons. The van der Waals surface area contributed by atoms with Crippen molar-refractivity contribution in [2.24, 2.45) is 14.1 Å². The number of anilines is 2. The Kier molecular flexibility index (Phi) is 4.43. The fourth-order valence-corrected chi connectivity index (χ4v) is 3.35. The molecule has 0 aliphatic carbocycles. The minimum absolute atomic E-state index is 0.242. The highest BCUT2D eigenvalue weighted by Crippen LogP contribution is 2.23. The molecule has 0 atom stereocenters. The maximum Gasteiger partial charge on any atom is 0.336 e. The molecule has 0 aliphatic rings. The average molecular weight is 388 g/mol. The third-order valence-electron chi connectivity index (χ3n) is 4.96. The number of fused-ring (bicyclic) bond motifs is 1. The predicted molar refractivity (Wildman–Crippen MR) is 114 cm³/mol. The first-order chi connectivity index (χ1) is 13.9. The number of nitrogens with one attached hydrogen (secondary N) is 1. The van der Waals surface area contributed by atoms with E-state index in [0.29, 0.717) is 11.4 Å². The molecule has 0 unspecified atom stereocenters. The molecule has 2 aromatic carbocycles. The fraction of sp³-hybridized carbons (Fsp3) is 0.136. The lowest BCUT2D eigenvalue weighted by atomic mass is 10.2. The van der Waals surface area contributed by atoms with Crippen LogP contribution in [0, 0.1) is 6.92 Å². The third-order valence-corrected chi connectivity index (χ3v) is 4.96. The van der Waals surface area contributed by atoms with Gasteiger partial charge in [0.2, 0.25) is 0 Å². The number of aromatic nitrogens is 3. The van der Waals surface area contributed by atoms with Crippen LogP contribution >= 0.6 is 0 Å². The van der Waals surface area contributed by atoms with E-state index in [2.05, 4.69) is 5.32 Å². The molecule has 0 amide bonds. The summed E-state index contributed by atoms with van der Waals surface area (Å²) < 4.78 is 3.77. The van der Waals surface area contributed by atoms with Gasteiger partial charge in [0.15, 0.2) is 0 Å². The smallest absolute Gasteiger partial charge is 0.336 e. The van der Waals surface area contributed by atoms with Gasteiger partial charge in [-0.15, -0.1) is 0 Å². The number of rotatable bonds is 3. The maximum atomic E-state index is 13.1. The molecular formula is C22H20N4O3. The van der Waals surface area contributed by atoms with Gasteiger partial charge in [0.05, 0.1) is 11.4 Å². The van der Waals surface area contributed by atoms with Crippen LogP contribution < -0.4 is 22.1 Å². The average Bonchev–Trinajstić information content (AvgIpc) is 2.72. The topological polar surface area (TPSA) is 78.0 Å². The molecule has 4 rings (SSSR count). The normalized spacial score (nSPS) is 11.0. The van der Waals surface area contributed by atoms with Crippen LogP contribution in [0.5, 0.6) is 0 Å². The molecule has 0 saturated carbocycles. The molecule has 0 aliphatic heterocycles. The zero-order valence-electron chi connectivity index (χ0n) is 16.3. The van der Waals surface area contributed by atoms with E-state index >= 15 is 0 Å². The highest BCUT2D eigenvalue weighted by atomic mass is 16.2. The van der Waals surface area contributed by atoms with Crippen molar-refractivity contribution in [3.8, 4) is 5.69 Å². The van der Waals surface area contributed by atoms with E-state index in [1.807, 2.05) is 37.3 Å². The Hall–Kier alpha value is -3.87. The van der Waals surface area contributed by atoms with Crippen molar-refractivity contribution < 1.29 is 0 Å². The number of hydrogen-bond donors (Lipinski definition) is 1. The summed E-state index contributed by atoms with van der Waals surface area (Å²) in [6.45, 7) is 1.98. The summed E-state index contributed by atoms with van der Waals surface area (Å²) in [7, 11) is 2.99. The monoisotopic (exact) mass is 388 g/mol. The van der Waals surface area contributed by atoms with Gasteiger partial charge in [-0.3, -0.25) is 18.7 Å². The molecule has 2 heterocycles. The van der Waals surface area contributed by atoms with E-state index in [-0.39, 0.29) is 16.6 Å². The van der Waals surface area contributed by atoms with E-state index in [9.17, 15) is 14.4 Å². The Morgan fingerprint density at radius 3 is 2.14 bits per heavy atom. The Bertz CT molecular complexity index is 1400. The van der Waals surface area contributed by atoms with E-state index in [1.54, 1.807) is 31.3 Å². The zero-order chi connectivity index (χ0) is 20.7. The Morgan fingerprint density at radius 1 is 0.828 bits per heavy atom. The molecule has 0 fully saturated rings. The molecular weight excluding hydrogens is 368 g/mol. The van der Waals surface area contributed by atoms with Crippen molar-refractivity contribution >= 4 is 22.4 Å². The molecule has 0 bridgehead atoms. The van der Waals surface area contributed by atoms with Crippen LogP contribution in [0.4, 0.5) is 11.4 Å². The lowest BCUT2D eigenvalue weighted by Crippen LogP contribution is -2.40. The number of nitrogens with zero attached hydrogens (tertiary/aromatic N) is 3. The quantitative estimate of drug-likeness (QED) is 0.585. The minimum Gasteiger partial charge on any atom is -0.355 e. The van der Waals surface area contributed by atoms with Gasteiger partial charge in [-0.05, 0) is 31.2 Å². The number of pyridine rings is 1. The molecule has 7 heteroatoms. The standard InChI is InChI=1S/C22H20N4O3/c1-14-9-11-15(12-10-14)23-17-13-18(27)24(2)20-19(17)21(28)25(3)22(29)26(20)16-7-5-4-6-8-16/h4-13,23H,1-3H3. The maximum absolute atomic E-state index is 13.1. The highest BCUT2D eigenvalue weighted by molar-refractivity contribution is 5.91. The Morgan fingerprint density at radius 2 is 1.48 bits per heavy atom. The summed E-state index contributed by atoms with van der Waals surface area (Å²) in [5, 5.41) is 3.43. The summed E-state index contributed by atoms with van der Waals surface area (Å²) in [6.07, 6.45) is 0. The van der Waals surface area contributed by atoms with E-state index in [1.165, 1.54) is 22.2 Å². The molecule has 0 saturated heterocycles. The van der Waals surface area contributed by atoms with Gasteiger partial charge in [0.1, 0.15) is 11.0 Å². The van der Waals surface area contributed by atoms with Crippen LogP contribution in [-0.2, 0) is 14.1 Å². The minimum atomic E-state index is -0.517. The van der Waals surface area contributed by atoms with Crippen LogP contribution in [0.2, 0.25) is 0 Å². The second kappa shape index (κ2) is 6.94. The molecule has 0 spiro atoms. The molecule has 29 heavy (non-hydrogen) atoms. The lowest BCUT2D eigenvalue weighted by Gasteiger charge is -2.17. The SMILES string of the molecule is Cc1ccc(Nc2cc(=O)n(C)c3c2c(=O)n(C)c(=O)n3-c2ccccc2)cc1.